The number of likely N-dealkylation sites (N-methyl/N-ethyl adjacent to an activating group) is 1. The van der Waals surface area contributed by atoms with Gasteiger partial charge in [0, 0.05) is 43.0 Å². The van der Waals surface area contributed by atoms with Crippen LogP contribution in [0.4, 0.5) is 13.2 Å². The van der Waals surface area contributed by atoms with Gasteiger partial charge in [-0.25, -0.2) is 0 Å². The maximum Gasteiger partial charge on any atom is 0.431 e. The summed E-state index contributed by atoms with van der Waals surface area (Å²) in [6, 6.07) is 15.7. The van der Waals surface area contributed by atoms with Crippen molar-refractivity contribution in [1.29, 1.82) is 0 Å². The first-order valence-electron chi connectivity index (χ1n) is 17.3. The van der Waals surface area contributed by atoms with E-state index in [4.69, 9.17) is 4.74 Å². The maximum atomic E-state index is 13.5. The van der Waals surface area contributed by atoms with Crippen LogP contribution in [0.3, 0.4) is 0 Å². The Balaban J connectivity index is 0.000000164. The lowest BCUT2D eigenvalue weighted by Crippen LogP contribution is -2.58. The van der Waals surface area contributed by atoms with E-state index in [0.29, 0.717) is 35.9 Å². The van der Waals surface area contributed by atoms with Crippen LogP contribution in [0.15, 0.2) is 48.5 Å². The van der Waals surface area contributed by atoms with E-state index in [1.807, 2.05) is 55.0 Å². The van der Waals surface area contributed by atoms with Crippen LogP contribution in [0.5, 0.6) is 0 Å². The molecule has 0 bridgehead atoms. The minimum absolute atomic E-state index is 0.00618. The van der Waals surface area contributed by atoms with E-state index in [2.05, 4.69) is 29.4 Å². The molecule has 5 aliphatic rings. The summed E-state index contributed by atoms with van der Waals surface area (Å²) in [4.78, 5) is 43.7. The van der Waals surface area contributed by atoms with Crippen molar-refractivity contribution in [3.05, 3.63) is 70.9 Å². The van der Waals surface area contributed by atoms with Gasteiger partial charge in [0.2, 0.25) is 11.8 Å². The number of alkyl halides is 3. The number of aromatic nitrogens is 1. The fraction of sp³-hybridized carbons (Fsp3) is 0.541. The number of aromatic amines is 1. The monoisotopic (exact) mass is 683 g/mol. The zero-order valence-corrected chi connectivity index (χ0v) is 29.1. The van der Waals surface area contributed by atoms with Gasteiger partial charge in [0.25, 0.3) is 5.91 Å². The molecule has 2 aromatic carbocycles. The summed E-state index contributed by atoms with van der Waals surface area (Å²) in [5, 5.41) is 3.39. The predicted octanol–water partition coefficient (Wildman–Crippen LogP) is 5.48. The molecule has 0 radical (unpaired) electrons. The van der Waals surface area contributed by atoms with Gasteiger partial charge in [-0.1, -0.05) is 61.9 Å². The van der Waals surface area contributed by atoms with Crippen molar-refractivity contribution in [1.82, 2.24) is 25.0 Å². The Morgan fingerprint density at radius 2 is 1.73 bits per heavy atom. The van der Waals surface area contributed by atoms with Crippen molar-refractivity contribution in [2.24, 2.45) is 5.92 Å². The highest BCUT2D eigenvalue weighted by molar-refractivity contribution is 5.91. The van der Waals surface area contributed by atoms with Crippen molar-refractivity contribution in [2.45, 2.75) is 89.9 Å². The van der Waals surface area contributed by atoms with Gasteiger partial charge < -0.3 is 29.7 Å². The Hall–Kier alpha value is -3.90. The number of hydrogen-bond acceptors (Lipinski definition) is 5. The number of rotatable bonds is 1. The quantitative estimate of drug-likeness (QED) is 0.354. The van der Waals surface area contributed by atoms with E-state index in [0.717, 1.165) is 24.9 Å². The van der Waals surface area contributed by atoms with Gasteiger partial charge >= 0.3 is 6.18 Å². The maximum absolute atomic E-state index is 13.5. The third kappa shape index (κ3) is 7.21. The molecule has 12 heteroatoms. The largest absolute Gasteiger partial charge is 0.431 e. The molecule has 266 valence electrons. The van der Waals surface area contributed by atoms with E-state index in [1.54, 1.807) is 31.0 Å². The lowest BCUT2D eigenvalue weighted by Gasteiger charge is -2.45. The minimum atomic E-state index is -4.39. The molecule has 2 N–H and O–H groups in total. The second kappa shape index (κ2) is 14.9. The number of nitrogens with one attached hydrogen (secondary N) is 2. The number of carbonyl (C=O) groups excluding carboxylic acids is 3. The Morgan fingerprint density at radius 1 is 1.02 bits per heavy atom. The van der Waals surface area contributed by atoms with Crippen LogP contribution in [0.1, 0.15) is 68.3 Å². The Labute approximate surface area is 286 Å². The molecule has 3 amide bonds. The molecular formula is C37H48F3N5O4. The molecule has 0 spiro atoms. The lowest BCUT2D eigenvalue weighted by atomic mass is 9.72. The van der Waals surface area contributed by atoms with E-state index in [1.165, 1.54) is 5.56 Å². The molecule has 0 saturated carbocycles. The van der Waals surface area contributed by atoms with Crippen molar-refractivity contribution in [2.75, 3.05) is 33.7 Å². The summed E-state index contributed by atoms with van der Waals surface area (Å²) < 4.78 is 46.0. The Kier molecular flexibility index (Phi) is 11.1. The van der Waals surface area contributed by atoms with Crippen LogP contribution < -0.4 is 5.32 Å². The molecule has 5 unspecified atom stereocenters. The molecule has 3 aromatic rings. The van der Waals surface area contributed by atoms with Gasteiger partial charge in [0.1, 0.15) is 18.3 Å². The number of benzene rings is 2. The first-order chi connectivity index (χ1) is 23.4. The first kappa shape index (κ1) is 36.4. The average Bonchev–Trinajstić information content (AvgIpc) is 3.81. The first-order valence-corrected chi connectivity index (χ1v) is 17.3. The van der Waals surface area contributed by atoms with E-state index >= 15 is 0 Å². The smallest absolute Gasteiger partial charge is 0.359 e. The van der Waals surface area contributed by atoms with E-state index < -0.39 is 11.9 Å². The lowest BCUT2D eigenvalue weighted by molar-refractivity contribution is -0.153. The Bertz CT molecular complexity index is 1640. The molecule has 6 atom stereocenters. The highest BCUT2D eigenvalue weighted by Crippen LogP contribution is 2.48. The fourth-order valence-electron chi connectivity index (χ4n) is 8.00. The Morgan fingerprint density at radius 3 is 2.37 bits per heavy atom. The highest BCUT2D eigenvalue weighted by atomic mass is 19.4. The van der Waals surface area contributed by atoms with Gasteiger partial charge in [-0.2, -0.15) is 13.2 Å². The van der Waals surface area contributed by atoms with Gasteiger partial charge in [0.05, 0.1) is 12.0 Å². The summed E-state index contributed by atoms with van der Waals surface area (Å²) >= 11 is 0. The highest BCUT2D eigenvalue weighted by Gasteiger charge is 2.51. The number of H-pyrrole nitrogens is 1. The number of amides is 3. The number of halogens is 3. The van der Waals surface area contributed by atoms with Crippen molar-refractivity contribution < 1.29 is 32.3 Å². The number of likely N-dealkylation sites (tertiary alicyclic amines) is 1. The third-order valence-electron chi connectivity index (χ3n) is 10.2. The molecule has 1 aromatic heterocycles. The van der Waals surface area contributed by atoms with E-state index in [9.17, 15) is 27.6 Å². The summed E-state index contributed by atoms with van der Waals surface area (Å²) in [5.41, 5.74) is 2.52. The van der Waals surface area contributed by atoms with Crippen molar-refractivity contribution in [3.8, 4) is 0 Å². The fourth-order valence-corrected chi connectivity index (χ4v) is 8.00. The van der Waals surface area contributed by atoms with Gasteiger partial charge in [-0.15, -0.1) is 0 Å². The molecule has 4 aliphatic heterocycles. The molecule has 4 saturated heterocycles. The van der Waals surface area contributed by atoms with Crippen LogP contribution in [-0.4, -0.2) is 95.6 Å². The molecular weight excluding hydrogens is 635 g/mol. The van der Waals surface area contributed by atoms with Crippen molar-refractivity contribution in [3.63, 3.8) is 0 Å². The van der Waals surface area contributed by atoms with Crippen LogP contribution in [0.25, 0.3) is 10.9 Å². The molecule has 5 heterocycles. The zero-order chi connectivity index (χ0) is 35.6. The SMILES string of the molecule is CC.CNC(=O)C1CC2c3cccc4[nH]c(C(F)(F)F)c(c34)CC2N(C)C1.C[C@H]1OC2C3CCCN3C(=O)CN2C1=O.Cc1ccccc1. The summed E-state index contributed by atoms with van der Waals surface area (Å²) in [5.74, 6) is -0.0590. The third-order valence-corrected chi connectivity index (χ3v) is 10.2. The topological polar surface area (TPSA) is 98.0 Å². The standard InChI is InChI=1S/C18H20F3N3O.C10H14N2O3.C7H8.C2H6/c1-22-17(25)9-6-11-10-4-3-5-13-15(10)12(7-14(11)24(2)8-9)16(23-13)18(19,20)21;1-6-9(14)12-5-8(13)11-4-2-3-7(11)10(12)15-6;1-7-5-3-2-4-6-7;1-2/h3-5,9,11,14,23H,6-8H2,1-2H3,(H,22,25);6-7,10H,2-5H2,1H3;2-6H,1H3;1-2H3/t;6-,7?,10?;;/m.1../s1. The second-order valence-corrected chi connectivity index (χ2v) is 13.2. The second-order valence-electron chi connectivity index (χ2n) is 13.2. The number of aryl methyl sites for hydroxylation is 1. The van der Waals surface area contributed by atoms with Crippen LogP contribution >= 0.6 is 0 Å². The predicted molar refractivity (Wildman–Crippen MR) is 182 cm³/mol. The average molecular weight is 684 g/mol. The van der Waals surface area contributed by atoms with Crippen LogP contribution in [0.2, 0.25) is 0 Å². The summed E-state index contributed by atoms with van der Waals surface area (Å²) in [6.07, 6.45) is -1.97. The van der Waals surface area contributed by atoms with Gasteiger partial charge in [-0.05, 0) is 63.8 Å². The summed E-state index contributed by atoms with van der Waals surface area (Å²) in [6.45, 7) is 9.42. The number of nitrogens with zero attached hydrogens (tertiary/aromatic N) is 3. The van der Waals surface area contributed by atoms with Gasteiger partial charge in [-0.3, -0.25) is 14.4 Å². The van der Waals surface area contributed by atoms with Crippen LogP contribution in [-0.2, 0) is 31.7 Å². The van der Waals surface area contributed by atoms with Crippen molar-refractivity contribution >= 4 is 28.6 Å². The van der Waals surface area contributed by atoms with Crippen LogP contribution in [0, 0.1) is 12.8 Å². The molecule has 1 aliphatic carbocycles. The molecule has 8 rings (SSSR count). The zero-order valence-electron chi connectivity index (χ0n) is 29.1. The molecule has 4 fully saturated rings. The number of ether oxygens (including phenoxy) is 1. The van der Waals surface area contributed by atoms with E-state index in [-0.39, 0.29) is 60.5 Å². The minimum Gasteiger partial charge on any atom is -0.359 e. The van der Waals surface area contributed by atoms with Gasteiger partial charge in [0.15, 0.2) is 6.23 Å². The normalized spacial score (nSPS) is 27.0. The number of fused-ring (bicyclic) bond motifs is 5. The number of hydrogen-bond donors (Lipinski definition) is 2. The summed E-state index contributed by atoms with van der Waals surface area (Å²) in [7, 11) is 3.52. The molecule has 49 heavy (non-hydrogen) atoms. The number of carbonyl (C=O) groups is 3. The number of piperidine rings is 1. The number of piperazine rings is 1. The molecule has 9 nitrogen and oxygen atoms in total.